The van der Waals surface area contributed by atoms with E-state index in [1.807, 2.05) is 24.3 Å². The molecule has 9 rings (SSSR count). The molecule has 0 aliphatic carbocycles. The van der Waals surface area contributed by atoms with Crippen molar-refractivity contribution in [2.45, 2.75) is 0 Å². The summed E-state index contributed by atoms with van der Waals surface area (Å²) < 4.78 is 0. The summed E-state index contributed by atoms with van der Waals surface area (Å²) >= 11 is 0. The molecule has 3 nitrogen and oxygen atoms in total. The molecule has 3 heteroatoms. The van der Waals surface area contributed by atoms with Crippen LogP contribution in [0.4, 0.5) is 0 Å². The highest BCUT2D eigenvalue weighted by Crippen LogP contribution is 2.39. The first-order valence-corrected chi connectivity index (χ1v) is 14.2. The number of aromatic nitrogens is 3. The first-order valence-electron chi connectivity index (χ1n) is 14.2. The number of hydrogen-bond acceptors (Lipinski definition) is 3. The third-order valence-electron chi connectivity index (χ3n) is 8.41. The molecule has 0 unspecified atom stereocenters. The molecule has 0 aliphatic rings. The van der Waals surface area contributed by atoms with Crippen LogP contribution in [0, 0.1) is 0 Å². The van der Waals surface area contributed by atoms with Crippen LogP contribution >= 0.6 is 0 Å². The quantitative estimate of drug-likeness (QED) is 0.212. The van der Waals surface area contributed by atoms with Crippen molar-refractivity contribution in [2.24, 2.45) is 0 Å². The van der Waals surface area contributed by atoms with Gasteiger partial charge < -0.3 is 0 Å². The van der Waals surface area contributed by atoms with Crippen LogP contribution in [0.3, 0.4) is 0 Å². The largest absolute Gasteiger partial charge is 0.246 e. The van der Waals surface area contributed by atoms with E-state index in [4.69, 9.17) is 15.0 Å². The average molecular weight is 534 g/mol. The SMILES string of the molecule is c1ccc(-c2ccc3ccc4ccc(-c5cccc(-c6ccc7ccc8cccc9ccc6c7c89)n5)nc4c3n2)cc1. The number of pyridine rings is 3. The molecule has 0 saturated carbocycles. The van der Waals surface area contributed by atoms with Gasteiger partial charge in [0.05, 0.1) is 33.8 Å². The Hall–Kier alpha value is -5.67. The lowest BCUT2D eigenvalue weighted by molar-refractivity contribution is 1.28. The van der Waals surface area contributed by atoms with E-state index in [-0.39, 0.29) is 0 Å². The van der Waals surface area contributed by atoms with Gasteiger partial charge >= 0.3 is 0 Å². The molecule has 42 heavy (non-hydrogen) atoms. The van der Waals surface area contributed by atoms with E-state index < -0.39 is 0 Å². The molecule has 0 radical (unpaired) electrons. The summed E-state index contributed by atoms with van der Waals surface area (Å²) in [5.74, 6) is 0. The van der Waals surface area contributed by atoms with Gasteiger partial charge in [0.25, 0.3) is 0 Å². The standard InChI is InChI=1S/C39H23N3/c1-2-6-24(7-3-1)32-22-18-28-14-15-29-19-23-35(42-39(29)38(28)41-32)34-11-5-10-33(40-34)30-20-16-27-13-12-25-8-4-9-26-17-21-31(30)37(27)36(25)26/h1-23H. The summed E-state index contributed by atoms with van der Waals surface area (Å²) in [4.78, 5) is 15.4. The Bertz CT molecular complexity index is 2450. The lowest BCUT2D eigenvalue weighted by atomic mass is 9.91. The molecule has 0 saturated heterocycles. The minimum absolute atomic E-state index is 0.835. The molecule has 0 amide bonds. The van der Waals surface area contributed by atoms with Gasteiger partial charge in [-0.1, -0.05) is 115 Å². The Kier molecular flexibility index (Phi) is 4.90. The molecule has 6 aromatic carbocycles. The van der Waals surface area contributed by atoms with E-state index in [1.165, 1.54) is 32.3 Å². The van der Waals surface area contributed by atoms with Crippen molar-refractivity contribution in [3.63, 3.8) is 0 Å². The Morgan fingerprint density at radius 2 is 0.857 bits per heavy atom. The summed E-state index contributed by atoms with van der Waals surface area (Å²) in [5.41, 5.74) is 7.57. The fraction of sp³-hybridized carbons (Fsp3) is 0. The second kappa shape index (κ2) is 8.92. The molecular weight excluding hydrogens is 510 g/mol. The van der Waals surface area contributed by atoms with Crippen molar-refractivity contribution in [2.75, 3.05) is 0 Å². The topological polar surface area (TPSA) is 38.7 Å². The number of rotatable bonds is 3. The lowest BCUT2D eigenvalue weighted by Crippen LogP contribution is -1.94. The average Bonchev–Trinajstić information content (AvgIpc) is 3.07. The van der Waals surface area contributed by atoms with Crippen LogP contribution in [0.2, 0.25) is 0 Å². The van der Waals surface area contributed by atoms with E-state index >= 15 is 0 Å². The number of nitrogens with zero attached hydrogens (tertiary/aromatic N) is 3. The first kappa shape index (κ1) is 23.1. The molecule has 0 bridgehead atoms. The maximum absolute atomic E-state index is 5.16. The Balaban J connectivity index is 1.21. The molecule has 9 aromatic rings. The number of fused-ring (bicyclic) bond motifs is 3. The summed E-state index contributed by atoms with van der Waals surface area (Å²) in [7, 11) is 0. The van der Waals surface area contributed by atoms with Gasteiger partial charge in [0.15, 0.2) is 0 Å². The van der Waals surface area contributed by atoms with Crippen molar-refractivity contribution < 1.29 is 0 Å². The van der Waals surface area contributed by atoms with Crippen LogP contribution in [0.1, 0.15) is 0 Å². The molecule has 0 N–H and O–H groups in total. The molecule has 0 aliphatic heterocycles. The molecular formula is C39H23N3. The molecule has 0 fully saturated rings. The summed E-state index contributed by atoms with van der Waals surface area (Å²) in [5, 5.41) is 9.74. The summed E-state index contributed by atoms with van der Waals surface area (Å²) in [6.45, 7) is 0. The van der Waals surface area contributed by atoms with E-state index in [0.29, 0.717) is 0 Å². The third kappa shape index (κ3) is 3.50. The molecule has 194 valence electrons. The zero-order valence-electron chi connectivity index (χ0n) is 22.6. The molecule has 3 aromatic heterocycles. The van der Waals surface area contributed by atoms with Crippen molar-refractivity contribution in [3.8, 4) is 33.9 Å². The van der Waals surface area contributed by atoms with Crippen molar-refractivity contribution >= 4 is 54.1 Å². The number of hydrogen-bond donors (Lipinski definition) is 0. The molecule has 0 atom stereocenters. The van der Waals surface area contributed by atoms with E-state index in [1.54, 1.807) is 0 Å². The van der Waals surface area contributed by atoms with E-state index in [0.717, 1.165) is 55.7 Å². The van der Waals surface area contributed by atoms with Gasteiger partial charge in [-0.15, -0.1) is 0 Å². The third-order valence-corrected chi connectivity index (χ3v) is 8.41. The lowest BCUT2D eigenvalue weighted by Gasteiger charge is -2.14. The van der Waals surface area contributed by atoms with Crippen LogP contribution in [-0.4, -0.2) is 15.0 Å². The smallest absolute Gasteiger partial charge is 0.0973 e. The second-order valence-corrected chi connectivity index (χ2v) is 10.8. The van der Waals surface area contributed by atoms with Crippen molar-refractivity contribution in [3.05, 3.63) is 140 Å². The van der Waals surface area contributed by atoms with Gasteiger partial charge in [-0.3, -0.25) is 0 Å². The predicted molar refractivity (Wildman–Crippen MR) is 175 cm³/mol. The maximum atomic E-state index is 5.16. The highest BCUT2D eigenvalue weighted by atomic mass is 14.8. The summed E-state index contributed by atoms with van der Waals surface area (Å²) in [6, 6.07) is 49.0. The highest BCUT2D eigenvalue weighted by Gasteiger charge is 2.14. The fourth-order valence-corrected chi connectivity index (χ4v) is 6.37. The first-order chi connectivity index (χ1) is 20.8. The van der Waals surface area contributed by atoms with Crippen molar-refractivity contribution in [1.82, 2.24) is 15.0 Å². The van der Waals surface area contributed by atoms with Gasteiger partial charge in [0.1, 0.15) is 0 Å². The number of benzene rings is 6. The Morgan fingerprint density at radius 1 is 0.310 bits per heavy atom. The molecule has 0 spiro atoms. The summed E-state index contributed by atoms with van der Waals surface area (Å²) in [6.07, 6.45) is 0. The highest BCUT2D eigenvalue weighted by molar-refractivity contribution is 6.25. The Labute approximate surface area is 242 Å². The monoisotopic (exact) mass is 533 g/mol. The predicted octanol–water partition coefficient (Wildman–Crippen LogP) is 10.1. The zero-order chi connectivity index (χ0) is 27.6. The van der Waals surface area contributed by atoms with Gasteiger partial charge in [0, 0.05) is 21.9 Å². The molecule has 3 heterocycles. The second-order valence-electron chi connectivity index (χ2n) is 10.8. The Morgan fingerprint density at radius 3 is 1.64 bits per heavy atom. The fourth-order valence-electron chi connectivity index (χ4n) is 6.37. The van der Waals surface area contributed by atoms with Gasteiger partial charge in [-0.25, -0.2) is 15.0 Å². The van der Waals surface area contributed by atoms with E-state index in [9.17, 15) is 0 Å². The van der Waals surface area contributed by atoms with Crippen LogP contribution in [0.15, 0.2) is 140 Å². The zero-order valence-corrected chi connectivity index (χ0v) is 22.6. The minimum Gasteiger partial charge on any atom is -0.246 e. The van der Waals surface area contributed by atoms with Gasteiger partial charge in [-0.2, -0.15) is 0 Å². The van der Waals surface area contributed by atoms with Crippen molar-refractivity contribution in [1.29, 1.82) is 0 Å². The van der Waals surface area contributed by atoms with Crippen LogP contribution in [-0.2, 0) is 0 Å². The van der Waals surface area contributed by atoms with Gasteiger partial charge in [-0.05, 0) is 56.6 Å². The minimum atomic E-state index is 0.835. The normalized spacial score (nSPS) is 11.8. The maximum Gasteiger partial charge on any atom is 0.0973 e. The van der Waals surface area contributed by atoms with Gasteiger partial charge in [0.2, 0.25) is 0 Å². The van der Waals surface area contributed by atoms with Crippen LogP contribution in [0.25, 0.3) is 88.0 Å². The van der Waals surface area contributed by atoms with Crippen LogP contribution in [0.5, 0.6) is 0 Å². The van der Waals surface area contributed by atoms with E-state index in [2.05, 4.69) is 115 Å². The van der Waals surface area contributed by atoms with Crippen LogP contribution < -0.4 is 0 Å².